The minimum atomic E-state index is -0.591. The van der Waals surface area contributed by atoms with Crippen LogP contribution in [-0.2, 0) is 6.42 Å². The number of halogens is 1. The maximum absolute atomic E-state index is 12.7. The number of rotatable bonds is 3. The van der Waals surface area contributed by atoms with Crippen LogP contribution >= 0.6 is 0 Å². The van der Waals surface area contributed by atoms with E-state index in [1.54, 1.807) is 7.05 Å². The zero-order valence-electron chi connectivity index (χ0n) is 10.9. The molecule has 0 aliphatic rings. The number of carbonyl (C=O) groups excluding carboxylic acids is 1. The van der Waals surface area contributed by atoms with Gasteiger partial charge in [0.25, 0.3) is 5.91 Å². The summed E-state index contributed by atoms with van der Waals surface area (Å²) in [6.45, 7) is 2.08. The first-order valence-electron chi connectivity index (χ1n) is 6.10. The Bertz CT molecular complexity index is 564. The number of benzene rings is 1. The molecular weight excluding hydrogens is 243 g/mol. The second-order valence-corrected chi connectivity index (χ2v) is 4.25. The highest BCUT2D eigenvalue weighted by Crippen LogP contribution is 2.16. The van der Waals surface area contributed by atoms with Crippen LogP contribution in [-0.4, -0.2) is 17.9 Å². The second kappa shape index (κ2) is 5.61. The van der Waals surface area contributed by atoms with Crippen LogP contribution in [0.1, 0.15) is 22.8 Å². The molecule has 0 aliphatic carbocycles. The molecule has 2 aromatic rings. The lowest BCUT2D eigenvalue weighted by Gasteiger charge is -2.17. The molecule has 98 valence electrons. The Morgan fingerprint density at radius 1 is 1.21 bits per heavy atom. The van der Waals surface area contributed by atoms with Crippen molar-refractivity contribution in [3.05, 3.63) is 59.7 Å². The summed E-state index contributed by atoms with van der Waals surface area (Å²) < 4.78 is 12.7. The summed E-state index contributed by atoms with van der Waals surface area (Å²) in [4.78, 5) is 17.2. The van der Waals surface area contributed by atoms with E-state index in [1.165, 1.54) is 28.8 Å². The van der Waals surface area contributed by atoms with E-state index in [4.69, 9.17) is 0 Å². The Balaban J connectivity index is 2.20. The average molecular weight is 258 g/mol. The van der Waals surface area contributed by atoms with Crippen LogP contribution in [0.15, 0.2) is 42.6 Å². The molecule has 0 saturated carbocycles. The largest absolute Gasteiger partial charge is 0.311 e. The van der Waals surface area contributed by atoms with E-state index in [0.717, 1.165) is 12.1 Å². The molecule has 3 nitrogen and oxygen atoms in total. The van der Waals surface area contributed by atoms with Crippen LogP contribution < -0.4 is 4.90 Å². The zero-order valence-corrected chi connectivity index (χ0v) is 10.9. The number of pyridine rings is 1. The van der Waals surface area contributed by atoms with Crippen LogP contribution in [0.2, 0.25) is 0 Å². The van der Waals surface area contributed by atoms with Crippen molar-refractivity contribution >= 4 is 11.6 Å². The molecule has 19 heavy (non-hydrogen) atoms. The fourth-order valence-electron chi connectivity index (χ4n) is 1.77. The molecule has 2 rings (SSSR count). The number of hydrogen-bond acceptors (Lipinski definition) is 2. The van der Waals surface area contributed by atoms with Gasteiger partial charge >= 0.3 is 0 Å². The van der Waals surface area contributed by atoms with Gasteiger partial charge in [0, 0.05) is 18.9 Å². The topological polar surface area (TPSA) is 33.2 Å². The van der Waals surface area contributed by atoms with Crippen molar-refractivity contribution in [3.8, 4) is 0 Å². The fourth-order valence-corrected chi connectivity index (χ4v) is 1.77. The van der Waals surface area contributed by atoms with Gasteiger partial charge in [-0.05, 0) is 36.2 Å². The molecule has 0 radical (unpaired) electrons. The van der Waals surface area contributed by atoms with E-state index < -0.39 is 5.95 Å². The van der Waals surface area contributed by atoms with Crippen molar-refractivity contribution in [1.82, 2.24) is 4.98 Å². The highest BCUT2D eigenvalue weighted by atomic mass is 19.1. The van der Waals surface area contributed by atoms with Gasteiger partial charge in [-0.25, -0.2) is 4.98 Å². The van der Waals surface area contributed by atoms with Gasteiger partial charge in [-0.15, -0.1) is 0 Å². The predicted octanol–water partition coefficient (Wildman–Crippen LogP) is 3.06. The molecule has 0 spiro atoms. The van der Waals surface area contributed by atoms with E-state index in [2.05, 4.69) is 11.9 Å². The molecular formula is C15H15FN2O. The maximum atomic E-state index is 12.7. The van der Waals surface area contributed by atoms with Gasteiger partial charge in [-0.3, -0.25) is 4.79 Å². The molecule has 0 bridgehead atoms. The van der Waals surface area contributed by atoms with Crippen LogP contribution in [0.5, 0.6) is 0 Å². The third kappa shape index (κ3) is 2.96. The predicted molar refractivity (Wildman–Crippen MR) is 72.7 cm³/mol. The van der Waals surface area contributed by atoms with Crippen molar-refractivity contribution in [2.45, 2.75) is 13.3 Å². The third-order valence-corrected chi connectivity index (χ3v) is 3.01. The van der Waals surface area contributed by atoms with Crippen LogP contribution in [0.25, 0.3) is 0 Å². The molecule has 0 atom stereocenters. The Kier molecular flexibility index (Phi) is 3.90. The van der Waals surface area contributed by atoms with Crippen LogP contribution in [0.4, 0.5) is 10.1 Å². The number of carbonyl (C=O) groups is 1. The number of amides is 1. The van der Waals surface area contributed by atoms with E-state index in [-0.39, 0.29) is 5.91 Å². The number of nitrogens with zero attached hydrogens (tertiary/aromatic N) is 2. The smallest absolute Gasteiger partial charge is 0.259 e. The summed E-state index contributed by atoms with van der Waals surface area (Å²) >= 11 is 0. The van der Waals surface area contributed by atoms with E-state index >= 15 is 0 Å². The van der Waals surface area contributed by atoms with Gasteiger partial charge in [-0.1, -0.05) is 19.1 Å². The number of hydrogen-bond donors (Lipinski definition) is 0. The van der Waals surface area contributed by atoms with Gasteiger partial charge in [0.1, 0.15) is 0 Å². The molecule has 1 amide bonds. The molecule has 0 saturated heterocycles. The molecule has 4 heteroatoms. The van der Waals surface area contributed by atoms with Crippen molar-refractivity contribution in [3.63, 3.8) is 0 Å². The summed E-state index contributed by atoms with van der Waals surface area (Å²) in [7, 11) is 1.69. The van der Waals surface area contributed by atoms with E-state index in [1.807, 2.05) is 24.3 Å². The first-order valence-corrected chi connectivity index (χ1v) is 6.10. The highest BCUT2D eigenvalue weighted by Gasteiger charge is 2.13. The Labute approximate surface area is 111 Å². The minimum Gasteiger partial charge on any atom is -0.311 e. The standard InChI is InChI=1S/C15H15FN2O/c1-3-11-4-7-13(8-5-11)18(2)15(19)12-6-9-14(16)17-10-12/h4-10H,3H2,1-2H3. The summed E-state index contributed by atoms with van der Waals surface area (Å²) in [5.74, 6) is -0.803. The van der Waals surface area contributed by atoms with Gasteiger partial charge in [0.05, 0.1) is 5.56 Å². The molecule has 0 fully saturated rings. The summed E-state index contributed by atoms with van der Waals surface area (Å²) in [5, 5.41) is 0. The van der Waals surface area contributed by atoms with Crippen molar-refractivity contribution in [1.29, 1.82) is 0 Å². The van der Waals surface area contributed by atoms with Crippen LogP contribution in [0, 0.1) is 5.95 Å². The quantitative estimate of drug-likeness (QED) is 0.793. The van der Waals surface area contributed by atoms with Crippen LogP contribution in [0.3, 0.4) is 0 Å². The molecule has 1 heterocycles. The Hall–Kier alpha value is -2.23. The normalized spacial score (nSPS) is 10.3. The van der Waals surface area contributed by atoms with Crippen molar-refractivity contribution in [2.24, 2.45) is 0 Å². The van der Waals surface area contributed by atoms with E-state index in [0.29, 0.717) is 5.56 Å². The fraction of sp³-hybridized carbons (Fsp3) is 0.200. The first kappa shape index (κ1) is 13.2. The molecule has 1 aromatic carbocycles. The molecule has 0 N–H and O–H groups in total. The Morgan fingerprint density at radius 3 is 2.42 bits per heavy atom. The lowest BCUT2D eigenvalue weighted by atomic mass is 10.1. The van der Waals surface area contributed by atoms with Gasteiger partial charge in [-0.2, -0.15) is 4.39 Å². The van der Waals surface area contributed by atoms with E-state index in [9.17, 15) is 9.18 Å². The summed E-state index contributed by atoms with van der Waals surface area (Å²) in [5.41, 5.74) is 2.38. The monoisotopic (exact) mass is 258 g/mol. The maximum Gasteiger partial charge on any atom is 0.259 e. The van der Waals surface area contributed by atoms with Crippen molar-refractivity contribution < 1.29 is 9.18 Å². The van der Waals surface area contributed by atoms with Gasteiger partial charge in [0.2, 0.25) is 5.95 Å². The first-order chi connectivity index (χ1) is 9.11. The molecule has 0 unspecified atom stereocenters. The molecule has 0 aliphatic heterocycles. The summed E-state index contributed by atoms with van der Waals surface area (Å²) in [6.07, 6.45) is 2.20. The highest BCUT2D eigenvalue weighted by molar-refractivity contribution is 6.05. The third-order valence-electron chi connectivity index (χ3n) is 3.01. The SMILES string of the molecule is CCc1ccc(N(C)C(=O)c2ccc(F)nc2)cc1. The lowest BCUT2D eigenvalue weighted by Crippen LogP contribution is -2.26. The molecule has 1 aromatic heterocycles. The second-order valence-electron chi connectivity index (χ2n) is 4.25. The van der Waals surface area contributed by atoms with Crippen molar-refractivity contribution in [2.75, 3.05) is 11.9 Å². The van der Waals surface area contributed by atoms with Gasteiger partial charge < -0.3 is 4.90 Å². The zero-order chi connectivity index (χ0) is 13.8. The lowest BCUT2D eigenvalue weighted by molar-refractivity contribution is 0.0992. The number of aryl methyl sites for hydroxylation is 1. The summed E-state index contributed by atoms with van der Waals surface area (Å²) in [6, 6.07) is 10.4. The van der Waals surface area contributed by atoms with Gasteiger partial charge in [0.15, 0.2) is 0 Å². The average Bonchev–Trinajstić information content (AvgIpc) is 2.46. The number of anilines is 1. The number of aromatic nitrogens is 1. The Morgan fingerprint density at radius 2 is 1.89 bits per heavy atom. The minimum absolute atomic E-state index is 0.211.